The molecule has 5 heteroatoms. The molecule has 0 aliphatic heterocycles. The highest BCUT2D eigenvalue weighted by molar-refractivity contribution is 5.82. The van der Waals surface area contributed by atoms with Crippen molar-refractivity contribution in [3.8, 4) is 0 Å². The van der Waals surface area contributed by atoms with Gasteiger partial charge < -0.3 is 15.5 Å². The molecular formula is C21H25N5. The molecule has 134 valence electrons. The molecule has 0 aliphatic rings. The van der Waals surface area contributed by atoms with E-state index in [0.717, 1.165) is 36.1 Å². The smallest absolute Gasteiger partial charge is 0.161 e. The van der Waals surface area contributed by atoms with Gasteiger partial charge in [-0.15, -0.1) is 0 Å². The van der Waals surface area contributed by atoms with E-state index in [1.165, 1.54) is 5.56 Å². The maximum absolute atomic E-state index is 6.54. The highest BCUT2D eigenvalue weighted by Crippen LogP contribution is 2.36. The quantitative estimate of drug-likeness (QED) is 0.701. The summed E-state index contributed by atoms with van der Waals surface area (Å²) in [5, 5.41) is 0. The molecule has 0 fully saturated rings. The molecule has 3 rings (SSSR count). The summed E-state index contributed by atoms with van der Waals surface area (Å²) < 4.78 is 0. The van der Waals surface area contributed by atoms with Crippen molar-refractivity contribution in [2.45, 2.75) is 20.8 Å². The maximum Gasteiger partial charge on any atom is 0.161 e. The van der Waals surface area contributed by atoms with Crippen molar-refractivity contribution < 1.29 is 0 Å². The lowest BCUT2D eigenvalue weighted by Crippen LogP contribution is -2.23. The summed E-state index contributed by atoms with van der Waals surface area (Å²) >= 11 is 0. The molecule has 0 unspecified atom stereocenters. The Hall–Kier alpha value is -3.08. The summed E-state index contributed by atoms with van der Waals surface area (Å²) in [6.07, 6.45) is 1.59. The van der Waals surface area contributed by atoms with E-state index in [-0.39, 0.29) is 0 Å². The summed E-state index contributed by atoms with van der Waals surface area (Å²) in [5.74, 6) is 1.47. The fraction of sp³-hybridized carbons (Fsp3) is 0.238. The fourth-order valence-corrected chi connectivity index (χ4v) is 3.12. The van der Waals surface area contributed by atoms with Crippen molar-refractivity contribution in [2.24, 2.45) is 0 Å². The molecule has 2 N–H and O–H groups in total. The molecule has 0 aliphatic carbocycles. The number of nitrogen functional groups attached to an aromatic ring is 1. The summed E-state index contributed by atoms with van der Waals surface area (Å²) in [6.45, 7) is 7.80. The SMILES string of the molecule is CCN(c1ccccc1)c1ncnc(N(CC)c2cccc(C)c2)c1N. The Labute approximate surface area is 155 Å². The van der Waals surface area contributed by atoms with Gasteiger partial charge in [0.05, 0.1) is 0 Å². The van der Waals surface area contributed by atoms with Crippen LogP contribution in [-0.2, 0) is 0 Å². The molecule has 0 bridgehead atoms. The van der Waals surface area contributed by atoms with Gasteiger partial charge in [0.25, 0.3) is 0 Å². The van der Waals surface area contributed by atoms with E-state index in [2.05, 4.69) is 70.9 Å². The minimum absolute atomic E-state index is 0.585. The first-order valence-corrected chi connectivity index (χ1v) is 8.93. The van der Waals surface area contributed by atoms with Crippen molar-refractivity contribution in [3.63, 3.8) is 0 Å². The number of aromatic nitrogens is 2. The minimum Gasteiger partial charge on any atom is -0.393 e. The number of nitrogens with zero attached hydrogens (tertiary/aromatic N) is 4. The van der Waals surface area contributed by atoms with E-state index >= 15 is 0 Å². The van der Waals surface area contributed by atoms with Gasteiger partial charge >= 0.3 is 0 Å². The first-order valence-electron chi connectivity index (χ1n) is 8.93. The Morgan fingerprint density at radius 2 is 1.38 bits per heavy atom. The zero-order chi connectivity index (χ0) is 18.5. The molecule has 0 atom stereocenters. The zero-order valence-corrected chi connectivity index (χ0v) is 15.6. The number of benzene rings is 2. The predicted molar refractivity (Wildman–Crippen MR) is 109 cm³/mol. The van der Waals surface area contributed by atoms with Gasteiger partial charge in [-0.2, -0.15) is 0 Å². The number of para-hydroxylation sites is 1. The molecule has 1 aromatic heterocycles. The average Bonchev–Trinajstić information content (AvgIpc) is 2.66. The number of hydrogen-bond donors (Lipinski definition) is 1. The standard InChI is InChI=1S/C21H25N5/c1-4-25(17-11-7-6-8-12-17)20-19(22)21(24-15-23-20)26(5-2)18-13-9-10-16(3)14-18/h6-15H,4-5,22H2,1-3H3. The van der Waals surface area contributed by atoms with E-state index in [1.54, 1.807) is 6.33 Å². The zero-order valence-electron chi connectivity index (χ0n) is 15.6. The van der Waals surface area contributed by atoms with Gasteiger partial charge in [-0.1, -0.05) is 30.3 Å². The minimum atomic E-state index is 0.585. The van der Waals surface area contributed by atoms with Crippen molar-refractivity contribution in [1.82, 2.24) is 9.97 Å². The van der Waals surface area contributed by atoms with Gasteiger partial charge in [0.15, 0.2) is 11.6 Å². The van der Waals surface area contributed by atoms with Crippen LogP contribution in [0.15, 0.2) is 60.9 Å². The number of hydrogen-bond acceptors (Lipinski definition) is 5. The third-order valence-corrected chi connectivity index (χ3v) is 4.37. The Balaban J connectivity index is 2.06. The van der Waals surface area contributed by atoms with Crippen LogP contribution in [-0.4, -0.2) is 23.1 Å². The molecule has 2 aromatic carbocycles. The third kappa shape index (κ3) is 3.47. The molecule has 0 saturated carbocycles. The van der Waals surface area contributed by atoms with Crippen molar-refractivity contribution in [2.75, 3.05) is 28.6 Å². The van der Waals surface area contributed by atoms with Crippen molar-refractivity contribution >= 4 is 28.7 Å². The van der Waals surface area contributed by atoms with E-state index in [4.69, 9.17) is 5.73 Å². The molecule has 0 spiro atoms. The van der Waals surface area contributed by atoms with Gasteiger partial charge in [-0.05, 0) is 50.6 Å². The predicted octanol–water partition coefficient (Wildman–Crippen LogP) is 4.68. The van der Waals surface area contributed by atoms with Crippen LogP contribution in [0.25, 0.3) is 0 Å². The molecule has 5 nitrogen and oxygen atoms in total. The Kier molecular flexibility index (Phi) is 5.37. The van der Waals surface area contributed by atoms with Gasteiger partial charge in [0, 0.05) is 24.5 Å². The molecule has 26 heavy (non-hydrogen) atoms. The van der Waals surface area contributed by atoms with Gasteiger partial charge in [-0.3, -0.25) is 0 Å². The average molecular weight is 347 g/mol. The monoisotopic (exact) mass is 347 g/mol. The molecule has 0 amide bonds. The van der Waals surface area contributed by atoms with E-state index in [1.807, 2.05) is 24.3 Å². The lowest BCUT2D eigenvalue weighted by Gasteiger charge is -2.28. The summed E-state index contributed by atoms with van der Waals surface area (Å²) in [5.41, 5.74) is 10.5. The topological polar surface area (TPSA) is 58.3 Å². The van der Waals surface area contributed by atoms with Crippen LogP contribution >= 0.6 is 0 Å². The van der Waals surface area contributed by atoms with Crippen LogP contribution in [0, 0.1) is 6.92 Å². The van der Waals surface area contributed by atoms with Crippen LogP contribution in [0.4, 0.5) is 28.7 Å². The van der Waals surface area contributed by atoms with Crippen LogP contribution in [0.1, 0.15) is 19.4 Å². The highest BCUT2D eigenvalue weighted by atomic mass is 15.3. The van der Waals surface area contributed by atoms with Crippen molar-refractivity contribution in [1.29, 1.82) is 0 Å². The van der Waals surface area contributed by atoms with Gasteiger partial charge in [0.2, 0.25) is 0 Å². The second-order valence-corrected chi connectivity index (χ2v) is 6.10. The lowest BCUT2D eigenvalue weighted by atomic mass is 10.2. The second-order valence-electron chi connectivity index (χ2n) is 6.10. The number of aryl methyl sites for hydroxylation is 1. The first-order chi connectivity index (χ1) is 12.7. The molecule has 0 saturated heterocycles. The maximum atomic E-state index is 6.54. The van der Waals surface area contributed by atoms with Gasteiger partial charge in [-0.25, -0.2) is 9.97 Å². The number of nitrogens with two attached hydrogens (primary N) is 1. The first kappa shape index (κ1) is 17.7. The number of anilines is 5. The Morgan fingerprint density at radius 1 is 0.808 bits per heavy atom. The lowest BCUT2D eigenvalue weighted by molar-refractivity contribution is 0.948. The fourth-order valence-electron chi connectivity index (χ4n) is 3.12. The molecule has 0 radical (unpaired) electrons. The molecule has 1 heterocycles. The van der Waals surface area contributed by atoms with E-state index in [0.29, 0.717) is 5.69 Å². The van der Waals surface area contributed by atoms with Crippen LogP contribution in [0.5, 0.6) is 0 Å². The largest absolute Gasteiger partial charge is 0.393 e. The summed E-state index contributed by atoms with van der Waals surface area (Å²) in [4.78, 5) is 13.2. The van der Waals surface area contributed by atoms with E-state index < -0.39 is 0 Å². The normalized spacial score (nSPS) is 10.6. The van der Waals surface area contributed by atoms with Crippen LogP contribution in [0.2, 0.25) is 0 Å². The van der Waals surface area contributed by atoms with Gasteiger partial charge in [0.1, 0.15) is 12.0 Å². The third-order valence-electron chi connectivity index (χ3n) is 4.37. The Bertz CT molecular complexity index is 863. The number of rotatable bonds is 6. The van der Waals surface area contributed by atoms with Crippen molar-refractivity contribution in [3.05, 3.63) is 66.5 Å². The Morgan fingerprint density at radius 3 is 1.96 bits per heavy atom. The summed E-state index contributed by atoms with van der Waals surface area (Å²) in [6, 6.07) is 18.5. The van der Waals surface area contributed by atoms with E-state index in [9.17, 15) is 0 Å². The van der Waals surface area contributed by atoms with Crippen LogP contribution in [0.3, 0.4) is 0 Å². The summed E-state index contributed by atoms with van der Waals surface area (Å²) in [7, 11) is 0. The highest BCUT2D eigenvalue weighted by Gasteiger charge is 2.19. The van der Waals surface area contributed by atoms with Crippen LogP contribution < -0.4 is 15.5 Å². The molecule has 3 aromatic rings. The second kappa shape index (κ2) is 7.87. The molecular weight excluding hydrogens is 322 g/mol.